The largest absolute Gasteiger partial charge is 0.324 e. The third kappa shape index (κ3) is 2.37. The maximum atomic E-state index is 12.7. The summed E-state index contributed by atoms with van der Waals surface area (Å²) in [5.74, 6) is 3.36. The number of rotatable bonds is 2. The Morgan fingerprint density at radius 1 is 1.10 bits per heavy atom. The van der Waals surface area contributed by atoms with Crippen molar-refractivity contribution >= 4 is 34.8 Å². The van der Waals surface area contributed by atoms with Gasteiger partial charge in [-0.25, -0.2) is 0 Å². The molecule has 1 amide bonds. The highest BCUT2D eigenvalue weighted by Crippen LogP contribution is 2.58. The molecule has 112 valence electrons. The zero-order valence-corrected chi connectivity index (χ0v) is 13.3. The number of anilines is 1. The van der Waals surface area contributed by atoms with Crippen LogP contribution in [0, 0.1) is 29.6 Å². The molecule has 4 heteroatoms. The van der Waals surface area contributed by atoms with Gasteiger partial charge in [-0.1, -0.05) is 23.2 Å². The minimum atomic E-state index is 0.140. The van der Waals surface area contributed by atoms with Crippen molar-refractivity contribution in [2.45, 2.75) is 32.1 Å². The number of halogens is 2. The average molecular weight is 324 g/mol. The first-order chi connectivity index (χ1) is 10.1. The van der Waals surface area contributed by atoms with Gasteiger partial charge in [-0.2, -0.15) is 0 Å². The molecule has 1 N–H and O–H groups in total. The van der Waals surface area contributed by atoms with Gasteiger partial charge in [-0.3, -0.25) is 4.79 Å². The molecule has 0 aliphatic heterocycles. The number of nitrogens with one attached hydrogen (secondary N) is 1. The molecule has 1 aromatic carbocycles. The van der Waals surface area contributed by atoms with Crippen LogP contribution >= 0.6 is 23.2 Å². The molecule has 3 aliphatic carbocycles. The standard InChI is InChI=1S/C17H19Cl2NO/c18-11-2-4-15(19)16(8-11)20-17(21)14-7-9-5-10-1-3-12(14)13(10)6-9/h2,4,8-10,12-14H,1,3,5-7H2,(H,20,21). The number of carbonyl (C=O) groups is 1. The third-order valence-electron chi connectivity index (χ3n) is 5.89. The van der Waals surface area contributed by atoms with Gasteiger partial charge in [0.1, 0.15) is 0 Å². The van der Waals surface area contributed by atoms with Crippen molar-refractivity contribution in [2.75, 3.05) is 5.32 Å². The number of hydrogen-bond acceptors (Lipinski definition) is 1. The molecule has 3 fully saturated rings. The number of fused-ring (bicyclic) bond motifs is 1. The van der Waals surface area contributed by atoms with Crippen LogP contribution in [0.3, 0.4) is 0 Å². The first-order valence-corrected chi connectivity index (χ1v) is 8.63. The molecular weight excluding hydrogens is 305 g/mol. The van der Waals surface area contributed by atoms with E-state index in [2.05, 4.69) is 5.32 Å². The molecule has 0 saturated heterocycles. The summed E-state index contributed by atoms with van der Waals surface area (Å²) < 4.78 is 0. The van der Waals surface area contributed by atoms with Crippen molar-refractivity contribution in [3.8, 4) is 0 Å². The van der Waals surface area contributed by atoms with E-state index in [4.69, 9.17) is 23.2 Å². The van der Waals surface area contributed by atoms with E-state index in [0.717, 1.165) is 24.2 Å². The summed E-state index contributed by atoms with van der Waals surface area (Å²) in [7, 11) is 0. The van der Waals surface area contributed by atoms with Gasteiger partial charge in [0.25, 0.3) is 0 Å². The summed E-state index contributed by atoms with van der Waals surface area (Å²) >= 11 is 12.1. The lowest BCUT2D eigenvalue weighted by atomic mass is 9.72. The highest BCUT2D eigenvalue weighted by molar-refractivity contribution is 6.35. The monoisotopic (exact) mass is 323 g/mol. The normalized spacial score (nSPS) is 36.8. The molecule has 5 atom stereocenters. The summed E-state index contributed by atoms with van der Waals surface area (Å²) in [4.78, 5) is 12.7. The summed E-state index contributed by atoms with van der Waals surface area (Å²) in [6.45, 7) is 0. The Labute approximate surface area is 135 Å². The molecule has 3 saturated carbocycles. The van der Waals surface area contributed by atoms with Crippen molar-refractivity contribution in [2.24, 2.45) is 29.6 Å². The Morgan fingerprint density at radius 2 is 1.95 bits per heavy atom. The Kier molecular flexibility index (Phi) is 3.42. The molecule has 0 radical (unpaired) electrons. The van der Waals surface area contributed by atoms with E-state index in [-0.39, 0.29) is 11.8 Å². The molecular formula is C17H19Cl2NO. The van der Waals surface area contributed by atoms with Crippen molar-refractivity contribution in [3.05, 3.63) is 28.2 Å². The zero-order chi connectivity index (χ0) is 14.6. The second kappa shape index (κ2) is 5.17. The Balaban J connectivity index is 1.54. The summed E-state index contributed by atoms with van der Waals surface area (Å²) in [6, 6.07) is 5.20. The van der Waals surface area contributed by atoms with Crippen molar-refractivity contribution in [1.29, 1.82) is 0 Å². The van der Waals surface area contributed by atoms with E-state index >= 15 is 0 Å². The number of benzene rings is 1. The lowest BCUT2D eigenvalue weighted by Gasteiger charge is -2.33. The number of amides is 1. The zero-order valence-electron chi connectivity index (χ0n) is 11.8. The molecule has 0 heterocycles. The summed E-state index contributed by atoms with van der Waals surface area (Å²) in [5, 5.41) is 4.17. The third-order valence-corrected chi connectivity index (χ3v) is 6.46. The van der Waals surface area contributed by atoms with Gasteiger partial charge in [-0.15, -0.1) is 0 Å². The predicted molar refractivity (Wildman–Crippen MR) is 85.6 cm³/mol. The molecule has 2 nitrogen and oxygen atoms in total. The fourth-order valence-electron chi connectivity index (χ4n) is 5.10. The van der Waals surface area contributed by atoms with Crippen LogP contribution in [0.2, 0.25) is 10.0 Å². The Bertz CT molecular complexity index is 586. The smallest absolute Gasteiger partial charge is 0.227 e. The number of carbonyl (C=O) groups excluding carboxylic acids is 1. The quantitative estimate of drug-likeness (QED) is 0.814. The van der Waals surface area contributed by atoms with Crippen molar-refractivity contribution in [3.63, 3.8) is 0 Å². The van der Waals surface area contributed by atoms with E-state index in [0.29, 0.717) is 21.7 Å². The SMILES string of the molecule is O=C(Nc1cc(Cl)ccc1Cl)C1CC2CC3CCC1C3C2. The molecule has 4 rings (SSSR count). The molecule has 0 aromatic heterocycles. The Hall–Kier alpha value is -0.730. The fraction of sp³-hybridized carbons (Fsp3) is 0.588. The van der Waals surface area contributed by atoms with Crippen LogP contribution in [0.4, 0.5) is 5.69 Å². The van der Waals surface area contributed by atoms with E-state index < -0.39 is 0 Å². The van der Waals surface area contributed by atoms with E-state index in [9.17, 15) is 4.79 Å². The van der Waals surface area contributed by atoms with Crippen LogP contribution in [0.15, 0.2) is 18.2 Å². The molecule has 2 bridgehead atoms. The van der Waals surface area contributed by atoms with Gasteiger partial charge >= 0.3 is 0 Å². The minimum Gasteiger partial charge on any atom is -0.324 e. The van der Waals surface area contributed by atoms with E-state index in [1.54, 1.807) is 18.2 Å². The first-order valence-electron chi connectivity index (χ1n) is 7.87. The highest BCUT2D eigenvalue weighted by Gasteiger charge is 2.52. The van der Waals surface area contributed by atoms with Crippen LogP contribution in [-0.2, 0) is 4.79 Å². The minimum absolute atomic E-state index is 0.140. The fourth-order valence-corrected chi connectivity index (χ4v) is 5.44. The Morgan fingerprint density at radius 3 is 2.81 bits per heavy atom. The van der Waals surface area contributed by atoms with Gasteiger partial charge in [0.2, 0.25) is 5.91 Å². The average Bonchev–Trinajstić information content (AvgIpc) is 2.97. The lowest BCUT2D eigenvalue weighted by Crippen LogP contribution is -2.35. The van der Waals surface area contributed by atoms with Crippen molar-refractivity contribution < 1.29 is 4.79 Å². The van der Waals surface area contributed by atoms with Gasteiger partial charge < -0.3 is 5.32 Å². The van der Waals surface area contributed by atoms with E-state index in [1.165, 1.54) is 25.7 Å². The van der Waals surface area contributed by atoms with Gasteiger partial charge in [0.15, 0.2) is 0 Å². The predicted octanol–water partition coefficient (Wildman–Crippen LogP) is 5.00. The van der Waals surface area contributed by atoms with Gasteiger partial charge in [-0.05, 0) is 74.0 Å². The van der Waals surface area contributed by atoms with Crippen molar-refractivity contribution in [1.82, 2.24) is 0 Å². The first kappa shape index (κ1) is 13.9. The van der Waals surface area contributed by atoms with Crippen LogP contribution in [0.25, 0.3) is 0 Å². The van der Waals surface area contributed by atoms with Crippen LogP contribution in [-0.4, -0.2) is 5.91 Å². The summed E-state index contributed by atoms with van der Waals surface area (Å²) in [6.07, 6.45) is 6.32. The molecule has 3 aliphatic rings. The molecule has 5 unspecified atom stereocenters. The van der Waals surface area contributed by atoms with E-state index in [1.807, 2.05) is 0 Å². The maximum Gasteiger partial charge on any atom is 0.227 e. The van der Waals surface area contributed by atoms with Crippen LogP contribution in [0.1, 0.15) is 32.1 Å². The van der Waals surface area contributed by atoms with Gasteiger partial charge in [0, 0.05) is 10.9 Å². The topological polar surface area (TPSA) is 29.1 Å². The highest BCUT2D eigenvalue weighted by atomic mass is 35.5. The van der Waals surface area contributed by atoms with Gasteiger partial charge in [0.05, 0.1) is 10.7 Å². The summed E-state index contributed by atoms with van der Waals surface area (Å²) in [5.41, 5.74) is 0.640. The maximum absolute atomic E-state index is 12.7. The second-order valence-electron chi connectivity index (χ2n) is 6.96. The second-order valence-corrected chi connectivity index (χ2v) is 7.80. The number of hydrogen-bond donors (Lipinski definition) is 1. The molecule has 1 aromatic rings. The molecule has 21 heavy (non-hydrogen) atoms. The van der Waals surface area contributed by atoms with Crippen LogP contribution in [0.5, 0.6) is 0 Å². The molecule has 0 spiro atoms. The van der Waals surface area contributed by atoms with Crippen LogP contribution < -0.4 is 5.32 Å². The lowest BCUT2D eigenvalue weighted by molar-refractivity contribution is -0.123.